The summed E-state index contributed by atoms with van der Waals surface area (Å²) in [5.74, 6) is 0.279. The van der Waals surface area contributed by atoms with Crippen LogP contribution in [-0.4, -0.2) is 24.2 Å². The number of allylic oxidation sites excluding steroid dienone is 1. The highest BCUT2D eigenvalue weighted by Crippen LogP contribution is 2.35. The molecule has 2 aliphatic heterocycles. The molecule has 0 bridgehead atoms. The normalized spacial score (nSPS) is 23.0. The molecule has 4 heteroatoms. The van der Waals surface area contributed by atoms with Gasteiger partial charge in [0.05, 0.1) is 5.54 Å². The van der Waals surface area contributed by atoms with Gasteiger partial charge in [0.15, 0.2) is 6.10 Å². The van der Waals surface area contributed by atoms with Gasteiger partial charge in [0.25, 0.3) is 0 Å². The topological polar surface area (TPSA) is 47.6 Å². The maximum Gasteiger partial charge on any atom is 0.340 e. The van der Waals surface area contributed by atoms with Crippen LogP contribution in [0.3, 0.4) is 0 Å². The number of hydrogen-bond donors (Lipinski definition) is 1. The lowest BCUT2D eigenvalue weighted by atomic mass is 9.91. The number of carbonyl (C=O) groups excluding carboxylic acids is 1. The molecule has 1 N–H and O–H groups in total. The minimum atomic E-state index is -0.408. The number of fused-ring (bicyclic) bond motifs is 1. The second-order valence-corrected chi connectivity index (χ2v) is 6.30. The first-order valence-electron chi connectivity index (χ1n) is 7.40. The van der Waals surface area contributed by atoms with Gasteiger partial charge < -0.3 is 14.8 Å². The number of carbonyl (C=O) groups is 1. The van der Waals surface area contributed by atoms with Crippen molar-refractivity contribution in [3.8, 4) is 5.75 Å². The predicted octanol–water partition coefficient (Wildman–Crippen LogP) is 3.38. The first kappa shape index (κ1) is 14.1. The van der Waals surface area contributed by atoms with Crippen LogP contribution in [0.4, 0.5) is 5.69 Å². The van der Waals surface area contributed by atoms with Crippen LogP contribution in [0.1, 0.15) is 39.2 Å². The highest BCUT2D eigenvalue weighted by molar-refractivity contribution is 5.82. The van der Waals surface area contributed by atoms with Crippen LogP contribution in [0.2, 0.25) is 0 Å². The summed E-state index contributed by atoms with van der Waals surface area (Å²) in [4.78, 5) is 12.0. The molecule has 0 saturated carbocycles. The zero-order valence-corrected chi connectivity index (χ0v) is 12.7. The van der Waals surface area contributed by atoms with E-state index in [0.29, 0.717) is 12.4 Å². The Morgan fingerprint density at radius 1 is 1.43 bits per heavy atom. The molecule has 1 atom stereocenters. The van der Waals surface area contributed by atoms with E-state index in [2.05, 4.69) is 32.2 Å². The van der Waals surface area contributed by atoms with E-state index in [1.807, 2.05) is 18.2 Å². The zero-order chi connectivity index (χ0) is 15.0. The second kappa shape index (κ2) is 5.19. The van der Waals surface area contributed by atoms with Crippen LogP contribution in [0.15, 0.2) is 24.3 Å². The van der Waals surface area contributed by atoms with Gasteiger partial charge in [-0.2, -0.15) is 0 Å². The van der Waals surface area contributed by atoms with Gasteiger partial charge in [-0.1, -0.05) is 6.08 Å². The van der Waals surface area contributed by atoms with E-state index in [0.717, 1.165) is 24.1 Å². The van der Waals surface area contributed by atoms with Crippen LogP contribution in [0, 0.1) is 0 Å². The third kappa shape index (κ3) is 2.95. The Balaban J connectivity index is 1.80. The van der Waals surface area contributed by atoms with Crippen molar-refractivity contribution in [2.45, 2.75) is 45.3 Å². The van der Waals surface area contributed by atoms with Crippen molar-refractivity contribution >= 4 is 17.2 Å². The zero-order valence-electron chi connectivity index (χ0n) is 12.7. The van der Waals surface area contributed by atoms with Gasteiger partial charge in [-0.15, -0.1) is 0 Å². The van der Waals surface area contributed by atoms with Gasteiger partial charge in [0, 0.05) is 17.9 Å². The average Bonchev–Trinajstić information content (AvgIpc) is 2.92. The summed E-state index contributed by atoms with van der Waals surface area (Å²) in [6.07, 6.45) is 3.44. The van der Waals surface area contributed by atoms with Crippen molar-refractivity contribution < 1.29 is 14.3 Å². The molecule has 4 nitrogen and oxygen atoms in total. The summed E-state index contributed by atoms with van der Waals surface area (Å²) >= 11 is 0. The van der Waals surface area contributed by atoms with Crippen molar-refractivity contribution in [3.05, 3.63) is 29.8 Å². The smallest absolute Gasteiger partial charge is 0.340 e. The molecule has 1 aromatic rings. The van der Waals surface area contributed by atoms with Gasteiger partial charge in [0.1, 0.15) is 5.75 Å². The minimum absolute atomic E-state index is 0.0625. The fourth-order valence-electron chi connectivity index (χ4n) is 2.97. The Morgan fingerprint density at radius 3 is 2.95 bits per heavy atom. The van der Waals surface area contributed by atoms with E-state index in [-0.39, 0.29) is 11.5 Å². The molecule has 2 heterocycles. The maximum absolute atomic E-state index is 12.0. The quantitative estimate of drug-likeness (QED) is 0.669. The van der Waals surface area contributed by atoms with Gasteiger partial charge in [-0.25, -0.2) is 4.79 Å². The van der Waals surface area contributed by atoms with Gasteiger partial charge in [-0.05, 0) is 57.4 Å². The largest absolute Gasteiger partial charge is 0.425 e. The number of esters is 1. The van der Waals surface area contributed by atoms with E-state index >= 15 is 0 Å². The molecule has 1 aromatic carbocycles. The Kier molecular flexibility index (Phi) is 3.49. The average molecular weight is 287 g/mol. The number of hydrogen-bond acceptors (Lipinski definition) is 4. The summed E-state index contributed by atoms with van der Waals surface area (Å²) in [7, 11) is 0. The third-order valence-corrected chi connectivity index (χ3v) is 3.86. The molecule has 3 rings (SSSR count). The summed E-state index contributed by atoms with van der Waals surface area (Å²) in [6, 6.07) is 5.70. The second-order valence-electron chi connectivity index (χ2n) is 6.30. The summed E-state index contributed by atoms with van der Waals surface area (Å²) in [5.41, 5.74) is 3.26. The molecule has 0 spiro atoms. The first-order chi connectivity index (χ1) is 9.94. The predicted molar refractivity (Wildman–Crippen MR) is 82.4 cm³/mol. The van der Waals surface area contributed by atoms with E-state index in [1.165, 1.54) is 5.57 Å². The van der Waals surface area contributed by atoms with E-state index in [1.54, 1.807) is 0 Å². The van der Waals surface area contributed by atoms with Crippen molar-refractivity contribution in [2.75, 3.05) is 11.9 Å². The molecule has 1 fully saturated rings. The molecule has 1 saturated heterocycles. The van der Waals surface area contributed by atoms with Crippen LogP contribution >= 0.6 is 0 Å². The fourth-order valence-corrected chi connectivity index (χ4v) is 2.97. The van der Waals surface area contributed by atoms with Crippen LogP contribution in [-0.2, 0) is 9.53 Å². The number of rotatable bonds is 2. The lowest BCUT2D eigenvalue weighted by Crippen LogP contribution is -2.31. The van der Waals surface area contributed by atoms with E-state index in [9.17, 15) is 4.79 Å². The molecule has 0 aromatic heterocycles. The van der Waals surface area contributed by atoms with Gasteiger partial charge in [0.2, 0.25) is 0 Å². The highest BCUT2D eigenvalue weighted by Gasteiger charge is 2.27. The monoisotopic (exact) mass is 287 g/mol. The molecule has 21 heavy (non-hydrogen) atoms. The Labute approximate surface area is 125 Å². The summed E-state index contributed by atoms with van der Waals surface area (Å²) < 4.78 is 10.8. The summed E-state index contributed by atoms with van der Waals surface area (Å²) in [5, 5.41) is 3.46. The summed E-state index contributed by atoms with van der Waals surface area (Å²) in [6.45, 7) is 6.98. The van der Waals surface area contributed by atoms with Crippen molar-refractivity contribution in [1.29, 1.82) is 0 Å². The lowest BCUT2D eigenvalue weighted by Gasteiger charge is -2.31. The third-order valence-electron chi connectivity index (χ3n) is 3.86. The number of anilines is 1. The molecule has 2 aliphatic rings. The SMILES string of the molecule is CC1=CC(C)(C)Nc2ccc(OC(=O)[C@H]3CCCO3)cc21. The van der Waals surface area contributed by atoms with Crippen molar-refractivity contribution in [3.63, 3.8) is 0 Å². The van der Waals surface area contributed by atoms with E-state index < -0.39 is 6.10 Å². The molecule has 0 unspecified atom stereocenters. The van der Waals surface area contributed by atoms with Crippen LogP contribution in [0.5, 0.6) is 5.75 Å². The van der Waals surface area contributed by atoms with E-state index in [4.69, 9.17) is 9.47 Å². The maximum atomic E-state index is 12.0. The van der Waals surface area contributed by atoms with Gasteiger partial charge >= 0.3 is 5.97 Å². The Morgan fingerprint density at radius 2 is 2.24 bits per heavy atom. The van der Waals surface area contributed by atoms with Crippen LogP contribution in [0.25, 0.3) is 5.57 Å². The lowest BCUT2D eigenvalue weighted by molar-refractivity contribution is -0.144. The molecule has 0 amide bonds. The Hall–Kier alpha value is -1.81. The highest BCUT2D eigenvalue weighted by atomic mass is 16.6. The fraction of sp³-hybridized carbons (Fsp3) is 0.471. The van der Waals surface area contributed by atoms with Crippen LogP contribution < -0.4 is 10.1 Å². The first-order valence-corrected chi connectivity index (χ1v) is 7.40. The number of ether oxygens (including phenoxy) is 2. The Bertz CT molecular complexity index is 598. The molecule has 0 radical (unpaired) electrons. The van der Waals surface area contributed by atoms with Gasteiger partial charge in [-0.3, -0.25) is 0 Å². The molecule has 112 valence electrons. The molecular weight excluding hydrogens is 266 g/mol. The van der Waals surface area contributed by atoms with Crippen molar-refractivity contribution in [1.82, 2.24) is 0 Å². The number of nitrogens with one attached hydrogen (secondary N) is 1. The number of benzene rings is 1. The minimum Gasteiger partial charge on any atom is -0.425 e. The molecular formula is C17H21NO3. The molecule has 0 aliphatic carbocycles. The van der Waals surface area contributed by atoms with Crippen molar-refractivity contribution in [2.24, 2.45) is 0 Å². The standard InChI is InChI=1S/C17H21NO3/c1-11-10-17(2,3)18-14-7-6-12(9-13(11)14)21-16(19)15-5-4-8-20-15/h6-7,9-10,15,18H,4-5,8H2,1-3H3/t15-/m1/s1.